The molecule has 0 atom stereocenters. The summed E-state index contributed by atoms with van der Waals surface area (Å²) >= 11 is 0. The molecule has 1 N–H and O–H groups in total. The fourth-order valence-corrected chi connectivity index (χ4v) is 2.44. The molecule has 0 saturated carbocycles. The predicted octanol–water partition coefficient (Wildman–Crippen LogP) is 1.71. The standard InChI is InChI=1S/C13H11F3N4O2/c1-22-10-2-7-5-20(6-8(7)3-17-10)9-4-18-19-12(21)11(9)13(14,15)16/h2-4H,5-6H2,1H3,(H,19,21). The summed E-state index contributed by atoms with van der Waals surface area (Å²) < 4.78 is 44.3. The van der Waals surface area contributed by atoms with Crippen LogP contribution in [0.4, 0.5) is 18.9 Å². The molecule has 2 aromatic heterocycles. The van der Waals surface area contributed by atoms with Gasteiger partial charge >= 0.3 is 6.18 Å². The highest BCUT2D eigenvalue weighted by molar-refractivity contribution is 5.56. The third-order valence-electron chi connectivity index (χ3n) is 3.45. The molecule has 0 spiro atoms. The van der Waals surface area contributed by atoms with E-state index in [9.17, 15) is 18.0 Å². The minimum atomic E-state index is -4.75. The number of fused-ring (bicyclic) bond motifs is 1. The van der Waals surface area contributed by atoms with E-state index in [4.69, 9.17) is 4.74 Å². The van der Waals surface area contributed by atoms with Crippen LogP contribution in [0.25, 0.3) is 0 Å². The first-order valence-corrected chi connectivity index (χ1v) is 6.31. The van der Waals surface area contributed by atoms with Crippen LogP contribution >= 0.6 is 0 Å². The zero-order chi connectivity index (χ0) is 15.9. The number of H-pyrrole nitrogens is 1. The van der Waals surface area contributed by atoms with Gasteiger partial charge in [-0.15, -0.1) is 0 Å². The van der Waals surface area contributed by atoms with E-state index in [-0.39, 0.29) is 18.8 Å². The number of methoxy groups -OCH3 is 1. The SMILES string of the molecule is COc1cc2c(cn1)CN(c1cn[nH]c(=O)c1C(F)(F)F)C2. The lowest BCUT2D eigenvalue weighted by Gasteiger charge is -2.20. The first kappa shape index (κ1) is 14.4. The van der Waals surface area contributed by atoms with Gasteiger partial charge in [-0.05, 0) is 11.1 Å². The third-order valence-corrected chi connectivity index (χ3v) is 3.45. The van der Waals surface area contributed by atoms with E-state index in [2.05, 4.69) is 10.1 Å². The van der Waals surface area contributed by atoms with Crippen LogP contribution in [-0.4, -0.2) is 22.3 Å². The summed E-state index contributed by atoms with van der Waals surface area (Å²) in [4.78, 5) is 17.0. The smallest absolute Gasteiger partial charge is 0.423 e. The average Bonchev–Trinajstić information content (AvgIpc) is 2.88. The maximum absolute atomic E-state index is 13.1. The van der Waals surface area contributed by atoms with Gasteiger partial charge in [-0.1, -0.05) is 0 Å². The van der Waals surface area contributed by atoms with E-state index in [1.807, 2.05) is 5.10 Å². The lowest BCUT2D eigenvalue weighted by atomic mass is 10.2. The molecule has 3 heterocycles. The number of hydrogen-bond donors (Lipinski definition) is 1. The van der Waals surface area contributed by atoms with E-state index in [0.717, 1.165) is 17.3 Å². The van der Waals surface area contributed by atoms with Gasteiger partial charge in [-0.25, -0.2) is 10.1 Å². The molecule has 0 aromatic carbocycles. The van der Waals surface area contributed by atoms with Crippen molar-refractivity contribution in [1.82, 2.24) is 15.2 Å². The highest BCUT2D eigenvalue weighted by atomic mass is 19.4. The number of aromatic nitrogens is 3. The number of hydrogen-bond acceptors (Lipinski definition) is 5. The summed E-state index contributed by atoms with van der Waals surface area (Å²) in [7, 11) is 1.46. The van der Waals surface area contributed by atoms with Gasteiger partial charge in [0, 0.05) is 25.4 Å². The molecule has 0 aliphatic carbocycles. The van der Waals surface area contributed by atoms with Crippen molar-refractivity contribution in [2.45, 2.75) is 19.3 Å². The van der Waals surface area contributed by atoms with Gasteiger partial charge in [0.25, 0.3) is 5.56 Å². The van der Waals surface area contributed by atoms with Crippen LogP contribution in [0.2, 0.25) is 0 Å². The minimum Gasteiger partial charge on any atom is -0.481 e. The molecule has 6 nitrogen and oxygen atoms in total. The van der Waals surface area contributed by atoms with Gasteiger partial charge in [0.15, 0.2) is 0 Å². The minimum absolute atomic E-state index is 0.223. The Hall–Kier alpha value is -2.58. The summed E-state index contributed by atoms with van der Waals surface area (Å²) in [5, 5.41) is 5.31. The zero-order valence-electron chi connectivity index (χ0n) is 11.4. The normalized spacial score (nSPS) is 14.1. The van der Waals surface area contributed by atoms with Crippen LogP contribution in [0, 0.1) is 0 Å². The van der Waals surface area contributed by atoms with Crippen LogP contribution in [0.1, 0.15) is 16.7 Å². The van der Waals surface area contributed by atoms with Crippen molar-refractivity contribution in [2.24, 2.45) is 0 Å². The Kier molecular flexibility index (Phi) is 3.27. The third kappa shape index (κ3) is 2.38. The molecule has 0 radical (unpaired) electrons. The molecule has 1 aliphatic heterocycles. The van der Waals surface area contributed by atoms with E-state index in [1.54, 1.807) is 12.3 Å². The van der Waals surface area contributed by atoms with Crippen LogP contribution in [0.3, 0.4) is 0 Å². The van der Waals surface area contributed by atoms with Gasteiger partial charge in [-0.3, -0.25) is 4.79 Å². The zero-order valence-corrected chi connectivity index (χ0v) is 11.4. The lowest BCUT2D eigenvalue weighted by Crippen LogP contribution is -2.28. The summed E-state index contributed by atoms with van der Waals surface area (Å²) in [6, 6.07) is 1.67. The summed E-state index contributed by atoms with van der Waals surface area (Å²) in [6.45, 7) is 0.447. The Morgan fingerprint density at radius 2 is 2.00 bits per heavy atom. The molecule has 0 fully saturated rings. The first-order chi connectivity index (χ1) is 10.4. The number of ether oxygens (including phenoxy) is 1. The van der Waals surface area contributed by atoms with Gasteiger partial charge in [0.1, 0.15) is 5.56 Å². The predicted molar refractivity (Wildman–Crippen MR) is 70.5 cm³/mol. The Morgan fingerprint density at radius 3 is 2.68 bits per heavy atom. The summed E-state index contributed by atoms with van der Waals surface area (Å²) in [5.74, 6) is 0.390. The molecule has 0 amide bonds. The Morgan fingerprint density at radius 1 is 1.27 bits per heavy atom. The Balaban J connectivity index is 2.01. The number of nitrogens with one attached hydrogen (secondary N) is 1. The molecular formula is C13H11F3N4O2. The quantitative estimate of drug-likeness (QED) is 0.914. The monoisotopic (exact) mass is 312 g/mol. The van der Waals surface area contributed by atoms with Gasteiger partial charge < -0.3 is 9.64 Å². The molecule has 22 heavy (non-hydrogen) atoms. The van der Waals surface area contributed by atoms with Crippen molar-refractivity contribution < 1.29 is 17.9 Å². The molecule has 2 aromatic rings. The van der Waals surface area contributed by atoms with Crippen LogP contribution < -0.4 is 15.2 Å². The fourth-order valence-electron chi connectivity index (χ4n) is 2.44. The Labute approximate surface area is 122 Å². The molecular weight excluding hydrogens is 301 g/mol. The van der Waals surface area contributed by atoms with Crippen molar-refractivity contribution >= 4 is 5.69 Å². The maximum Gasteiger partial charge on any atom is 0.423 e. The molecule has 116 valence electrons. The molecule has 0 saturated heterocycles. The van der Waals surface area contributed by atoms with Crippen molar-refractivity contribution in [2.75, 3.05) is 12.0 Å². The van der Waals surface area contributed by atoms with Crippen LogP contribution in [-0.2, 0) is 19.3 Å². The Bertz CT molecular complexity index is 773. The van der Waals surface area contributed by atoms with Crippen molar-refractivity contribution in [1.29, 1.82) is 0 Å². The molecule has 0 unspecified atom stereocenters. The largest absolute Gasteiger partial charge is 0.481 e. The number of halogens is 3. The van der Waals surface area contributed by atoms with Crippen molar-refractivity contribution in [3.05, 3.63) is 45.5 Å². The number of aromatic amines is 1. The first-order valence-electron chi connectivity index (χ1n) is 6.31. The number of pyridine rings is 1. The van der Waals surface area contributed by atoms with Gasteiger partial charge in [0.2, 0.25) is 5.88 Å². The van der Waals surface area contributed by atoms with Gasteiger partial charge in [0.05, 0.1) is 19.0 Å². The lowest BCUT2D eigenvalue weighted by molar-refractivity contribution is -0.138. The number of rotatable bonds is 2. The second-order valence-electron chi connectivity index (χ2n) is 4.81. The van der Waals surface area contributed by atoms with E-state index in [0.29, 0.717) is 5.88 Å². The second kappa shape index (κ2) is 5.00. The number of nitrogens with zero attached hydrogens (tertiary/aromatic N) is 3. The molecule has 3 rings (SSSR count). The topological polar surface area (TPSA) is 71.1 Å². The van der Waals surface area contributed by atoms with Crippen molar-refractivity contribution in [3.8, 4) is 5.88 Å². The molecule has 9 heteroatoms. The highest BCUT2D eigenvalue weighted by Gasteiger charge is 2.39. The molecule has 1 aliphatic rings. The number of anilines is 1. The van der Waals surface area contributed by atoms with Crippen molar-refractivity contribution in [3.63, 3.8) is 0 Å². The van der Waals surface area contributed by atoms with E-state index in [1.165, 1.54) is 12.0 Å². The van der Waals surface area contributed by atoms with Crippen LogP contribution in [0.15, 0.2) is 23.3 Å². The number of alkyl halides is 3. The highest BCUT2D eigenvalue weighted by Crippen LogP contribution is 2.37. The van der Waals surface area contributed by atoms with Gasteiger partial charge in [-0.2, -0.15) is 18.3 Å². The summed E-state index contributed by atoms with van der Waals surface area (Å²) in [5.41, 5.74) is -1.15. The second-order valence-corrected chi connectivity index (χ2v) is 4.81. The maximum atomic E-state index is 13.1. The summed E-state index contributed by atoms with van der Waals surface area (Å²) in [6.07, 6.45) is -2.18. The van der Waals surface area contributed by atoms with E-state index < -0.39 is 17.3 Å². The van der Waals surface area contributed by atoms with Crippen LogP contribution in [0.5, 0.6) is 5.88 Å². The average molecular weight is 312 g/mol. The fraction of sp³-hybridized carbons (Fsp3) is 0.308. The molecule has 0 bridgehead atoms. The van der Waals surface area contributed by atoms with E-state index >= 15 is 0 Å².